The molecule has 0 fully saturated rings. The Balaban J connectivity index is 3.51. The summed E-state index contributed by atoms with van der Waals surface area (Å²) in [5, 5.41) is 0. The van der Waals surface area contributed by atoms with Crippen LogP contribution in [0.4, 0.5) is 0 Å². The first-order valence-electron chi connectivity index (χ1n) is 3.92. The normalized spacial score (nSPS) is 11.5. The number of unbranched alkanes of at least 4 members (excludes halogenated alkanes) is 2. The van der Waals surface area contributed by atoms with Gasteiger partial charge in [-0.25, -0.2) is 0 Å². The number of carbonyl (C=O) groups excluding carboxylic acids is 1. The van der Waals surface area contributed by atoms with Crippen molar-refractivity contribution in [2.45, 2.75) is 32.6 Å². The second-order valence-corrected chi connectivity index (χ2v) is 2.58. The minimum Gasteiger partial charge on any atom is -0.402 e. The Morgan fingerprint density at radius 1 is 1.36 bits per heavy atom. The van der Waals surface area contributed by atoms with Gasteiger partial charge >= 0.3 is 0 Å². The van der Waals surface area contributed by atoms with Gasteiger partial charge in [-0.15, -0.1) is 0 Å². The molecule has 4 N–H and O–H groups in total. The number of hydrogen-bond donors (Lipinski definition) is 2. The number of hydrogen-bond acceptors (Lipinski definition) is 2. The van der Waals surface area contributed by atoms with Crippen LogP contribution >= 0.6 is 0 Å². The van der Waals surface area contributed by atoms with Crippen LogP contribution in [0, 0.1) is 0 Å². The van der Waals surface area contributed by atoms with E-state index in [0.717, 1.165) is 25.7 Å². The lowest BCUT2D eigenvalue weighted by atomic mass is 10.1. The van der Waals surface area contributed by atoms with E-state index < -0.39 is 5.91 Å². The molecule has 1 amide bonds. The Morgan fingerprint density at radius 3 is 2.45 bits per heavy atom. The smallest absolute Gasteiger partial charge is 0.243 e. The van der Waals surface area contributed by atoms with E-state index in [0.29, 0.717) is 5.70 Å². The van der Waals surface area contributed by atoms with Crippen LogP contribution in [0.25, 0.3) is 0 Å². The highest BCUT2D eigenvalue weighted by molar-refractivity contribution is 5.86. The third-order valence-electron chi connectivity index (χ3n) is 1.40. The molecule has 3 nitrogen and oxygen atoms in total. The molecular formula is C8H16N2O. The third kappa shape index (κ3) is 6.90. The lowest BCUT2D eigenvalue weighted by Crippen LogP contribution is -2.10. The zero-order chi connectivity index (χ0) is 8.69. The first-order valence-corrected chi connectivity index (χ1v) is 3.92. The van der Waals surface area contributed by atoms with Gasteiger partial charge in [0.2, 0.25) is 5.91 Å². The Hall–Kier alpha value is -0.990. The first kappa shape index (κ1) is 10.0. The van der Waals surface area contributed by atoms with E-state index in [1.807, 2.05) is 0 Å². The van der Waals surface area contributed by atoms with Crippen LogP contribution in [0.1, 0.15) is 32.6 Å². The molecule has 0 heterocycles. The van der Waals surface area contributed by atoms with E-state index in [2.05, 4.69) is 6.92 Å². The fourth-order valence-electron chi connectivity index (χ4n) is 0.834. The number of primary amides is 1. The summed E-state index contributed by atoms with van der Waals surface area (Å²) < 4.78 is 0. The average molecular weight is 156 g/mol. The molecule has 0 unspecified atom stereocenters. The second kappa shape index (κ2) is 5.77. The van der Waals surface area contributed by atoms with E-state index in [1.165, 1.54) is 6.08 Å². The summed E-state index contributed by atoms with van der Waals surface area (Å²) in [4.78, 5) is 10.3. The van der Waals surface area contributed by atoms with Crippen molar-refractivity contribution in [1.82, 2.24) is 0 Å². The van der Waals surface area contributed by atoms with Crippen LogP contribution in [-0.2, 0) is 4.79 Å². The summed E-state index contributed by atoms with van der Waals surface area (Å²) in [5.41, 5.74) is 11.0. The summed E-state index contributed by atoms with van der Waals surface area (Å²) in [6.07, 6.45) is 5.40. The van der Waals surface area contributed by atoms with Crippen LogP contribution < -0.4 is 11.5 Å². The average Bonchev–Trinajstić information content (AvgIpc) is 1.86. The van der Waals surface area contributed by atoms with E-state index in [-0.39, 0.29) is 0 Å². The molecule has 0 aliphatic heterocycles. The molecule has 0 atom stereocenters. The minimum absolute atomic E-state index is 0.459. The Bertz CT molecular complexity index is 152. The van der Waals surface area contributed by atoms with E-state index in [4.69, 9.17) is 11.5 Å². The zero-order valence-corrected chi connectivity index (χ0v) is 6.97. The molecule has 0 aromatic rings. The van der Waals surface area contributed by atoms with E-state index in [9.17, 15) is 4.79 Å². The molecule has 0 aliphatic rings. The number of amides is 1. The van der Waals surface area contributed by atoms with Gasteiger partial charge in [0.15, 0.2) is 0 Å². The van der Waals surface area contributed by atoms with Crippen molar-refractivity contribution >= 4 is 5.91 Å². The SMILES string of the molecule is CCCCC/C(N)=C\C(N)=O. The van der Waals surface area contributed by atoms with Crippen molar-refractivity contribution in [1.29, 1.82) is 0 Å². The molecule has 0 aromatic carbocycles. The molecule has 3 heteroatoms. The van der Waals surface area contributed by atoms with Gasteiger partial charge in [-0.1, -0.05) is 19.8 Å². The molecule has 0 bridgehead atoms. The van der Waals surface area contributed by atoms with Crippen LogP contribution in [0.15, 0.2) is 11.8 Å². The maximum Gasteiger partial charge on any atom is 0.243 e. The highest BCUT2D eigenvalue weighted by Gasteiger charge is 1.92. The second-order valence-electron chi connectivity index (χ2n) is 2.58. The van der Waals surface area contributed by atoms with Gasteiger partial charge in [-0.05, 0) is 12.8 Å². The summed E-state index contributed by atoms with van der Waals surface area (Å²) in [6, 6.07) is 0. The van der Waals surface area contributed by atoms with Gasteiger partial charge in [0.25, 0.3) is 0 Å². The minimum atomic E-state index is -0.459. The lowest BCUT2D eigenvalue weighted by molar-refractivity contribution is -0.113. The van der Waals surface area contributed by atoms with Gasteiger partial charge in [0, 0.05) is 11.8 Å². The van der Waals surface area contributed by atoms with E-state index in [1.54, 1.807) is 0 Å². The lowest BCUT2D eigenvalue weighted by Gasteiger charge is -1.98. The Kier molecular flexibility index (Phi) is 5.25. The van der Waals surface area contributed by atoms with Gasteiger partial charge < -0.3 is 11.5 Å². The number of rotatable bonds is 5. The molecule has 0 spiro atoms. The maximum atomic E-state index is 10.3. The highest BCUT2D eigenvalue weighted by Crippen LogP contribution is 2.03. The van der Waals surface area contributed by atoms with Gasteiger partial charge in [-0.2, -0.15) is 0 Å². The van der Waals surface area contributed by atoms with Crippen molar-refractivity contribution in [2.24, 2.45) is 11.5 Å². The van der Waals surface area contributed by atoms with E-state index >= 15 is 0 Å². The molecule has 0 rings (SSSR count). The fraction of sp³-hybridized carbons (Fsp3) is 0.625. The largest absolute Gasteiger partial charge is 0.402 e. The number of nitrogens with two attached hydrogens (primary N) is 2. The number of carbonyl (C=O) groups is 1. The van der Waals surface area contributed by atoms with Crippen molar-refractivity contribution < 1.29 is 4.79 Å². The standard InChI is InChI=1S/C8H16N2O/c1-2-3-4-5-7(9)6-8(10)11/h6H,2-5,9H2,1H3,(H2,10,11)/b7-6+. The summed E-state index contributed by atoms with van der Waals surface area (Å²) >= 11 is 0. The quantitative estimate of drug-likeness (QED) is 0.458. The molecule has 0 radical (unpaired) electrons. The topological polar surface area (TPSA) is 69.1 Å². The van der Waals surface area contributed by atoms with Crippen molar-refractivity contribution in [3.05, 3.63) is 11.8 Å². The van der Waals surface area contributed by atoms with Crippen LogP contribution in [0.2, 0.25) is 0 Å². The molecule has 64 valence electrons. The van der Waals surface area contributed by atoms with Crippen molar-refractivity contribution in [3.8, 4) is 0 Å². The molecule has 0 aliphatic carbocycles. The summed E-state index contributed by atoms with van der Waals surface area (Å²) in [7, 11) is 0. The summed E-state index contributed by atoms with van der Waals surface area (Å²) in [5.74, 6) is -0.459. The molecule has 0 saturated heterocycles. The van der Waals surface area contributed by atoms with Crippen LogP contribution in [0.3, 0.4) is 0 Å². The van der Waals surface area contributed by atoms with Gasteiger partial charge in [0.05, 0.1) is 0 Å². The fourth-order valence-corrected chi connectivity index (χ4v) is 0.834. The first-order chi connectivity index (χ1) is 5.16. The van der Waals surface area contributed by atoms with Gasteiger partial charge in [-0.3, -0.25) is 4.79 Å². The van der Waals surface area contributed by atoms with Gasteiger partial charge in [0.1, 0.15) is 0 Å². The Labute approximate surface area is 67.4 Å². The Morgan fingerprint density at radius 2 is 2.00 bits per heavy atom. The van der Waals surface area contributed by atoms with Crippen LogP contribution in [-0.4, -0.2) is 5.91 Å². The predicted octanol–water partition coefficient (Wildman–Crippen LogP) is 0.895. The molecular weight excluding hydrogens is 140 g/mol. The van der Waals surface area contributed by atoms with Crippen molar-refractivity contribution in [2.75, 3.05) is 0 Å². The molecule has 0 saturated carbocycles. The maximum absolute atomic E-state index is 10.3. The predicted molar refractivity (Wildman–Crippen MR) is 45.6 cm³/mol. The third-order valence-corrected chi connectivity index (χ3v) is 1.40. The molecule has 0 aromatic heterocycles. The van der Waals surface area contributed by atoms with Crippen molar-refractivity contribution in [3.63, 3.8) is 0 Å². The monoisotopic (exact) mass is 156 g/mol. The van der Waals surface area contributed by atoms with Crippen LogP contribution in [0.5, 0.6) is 0 Å². The number of allylic oxidation sites excluding steroid dienone is 1. The highest BCUT2D eigenvalue weighted by atomic mass is 16.1. The zero-order valence-electron chi connectivity index (χ0n) is 6.97. The summed E-state index contributed by atoms with van der Waals surface area (Å²) in [6.45, 7) is 2.12. The molecule has 11 heavy (non-hydrogen) atoms.